The maximum atomic E-state index is 11.8. The first kappa shape index (κ1) is 24.5. The van der Waals surface area contributed by atoms with Crippen LogP contribution in [-0.4, -0.2) is 26.1 Å². The number of aromatic nitrogens is 3. The summed E-state index contributed by atoms with van der Waals surface area (Å²) >= 11 is 6.34. The Balaban J connectivity index is 1.38. The Morgan fingerprint density at radius 1 is 0.975 bits per heavy atom. The monoisotopic (exact) mass is 545 g/mol. The van der Waals surface area contributed by atoms with Gasteiger partial charge in [0.15, 0.2) is 0 Å². The van der Waals surface area contributed by atoms with Crippen LogP contribution in [0.15, 0.2) is 102 Å². The SMILES string of the molecule is CC(=O)Nc1ccc(Cl)cc1-c1ccc(-n2c(=NC3CC3)n(Cc3cccc4[nH]ccc34)c3ccccc32)cc1. The molecule has 1 aliphatic carbocycles. The van der Waals surface area contributed by atoms with Gasteiger partial charge in [-0.25, -0.2) is 4.99 Å². The van der Waals surface area contributed by atoms with E-state index in [1.54, 1.807) is 6.07 Å². The number of hydrogen-bond donors (Lipinski definition) is 2. The third-order valence-electron chi connectivity index (χ3n) is 7.44. The van der Waals surface area contributed by atoms with E-state index < -0.39 is 0 Å². The third-order valence-corrected chi connectivity index (χ3v) is 7.68. The minimum atomic E-state index is -0.120. The lowest BCUT2D eigenvalue weighted by Crippen LogP contribution is -2.26. The number of nitrogens with zero attached hydrogens (tertiary/aromatic N) is 3. The van der Waals surface area contributed by atoms with Crippen LogP contribution < -0.4 is 10.9 Å². The van der Waals surface area contributed by atoms with Crippen molar-refractivity contribution in [3.63, 3.8) is 0 Å². The number of halogens is 1. The van der Waals surface area contributed by atoms with Crippen LogP contribution in [0, 0.1) is 0 Å². The van der Waals surface area contributed by atoms with Crippen molar-refractivity contribution >= 4 is 45.1 Å². The minimum absolute atomic E-state index is 0.120. The molecule has 7 heteroatoms. The molecule has 7 rings (SSSR count). The zero-order chi connectivity index (χ0) is 27.2. The zero-order valence-electron chi connectivity index (χ0n) is 22.1. The zero-order valence-corrected chi connectivity index (χ0v) is 22.8. The van der Waals surface area contributed by atoms with E-state index in [2.05, 4.69) is 92.2 Å². The van der Waals surface area contributed by atoms with E-state index in [-0.39, 0.29) is 5.91 Å². The molecule has 6 nitrogen and oxygen atoms in total. The van der Waals surface area contributed by atoms with Crippen LogP contribution in [-0.2, 0) is 11.3 Å². The van der Waals surface area contributed by atoms with Crippen LogP contribution in [0.1, 0.15) is 25.3 Å². The van der Waals surface area contributed by atoms with Crippen molar-refractivity contribution in [2.24, 2.45) is 4.99 Å². The van der Waals surface area contributed by atoms with Gasteiger partial charge >= 0.3 is 0 Å². The van der Waals surface area contributed by atoms with Gasteiger partial charge in [-0.1, -0.05) is 48.0 Å². The maximum absolute atomic E-state index is 11.8. The number of H-pyrrole nitrogens is 1. The molecule has 0 bridgehead atoms. The largest absolute Gasteiger partial charge is 0.361 e. The molecule has 6 aromatic rings. The standard InChI is InChI=1S/C33H28ClN5O/c1-21(40)36-30-16-11-24(34)19-28(30)22-9-14-26(15-10-22)39-32-8-3-2-7-31(32)38(33(39)37-25-12-13-25)20-23-5-4-6-29-27(23)17-18-35-29/h2-11,14-19,25,35H,12-13,20H2,1H3,(H,36,40). The molecule has 198 valence electrons. The lowest BCUT2D eigenvalue weighted by Gasteiger charge is -2.12. The fraction of sp³-hybridized carbons (Fsp3) is 0.152. The molecule has 2 N–H and O–H groups in total. The molecule has 1 amide bonds. The molecular formula is C33H28ClN5O. The number of fused-ring (bicyclic) bond motifs is 2. The topological polar surface area (TPSA) is 67.1 Å². The van der Waals surface area contributed by atoms with Crippen molar-refractivity contribution in [2.45, 2.75) is 32.4 Å². The maximum Gasteiger partial charge on any atom is 0.221 e. The number of nitrogens with one attached hydrogen (secondary N) is 2. The third kappa shape index (κ3) is 4.50. The van der Waals surface area contributed by atoms with E-state index in [4.69, 9.17) is 16.6 Å². The summed E-state index contributed by atoms with van der Waals surface area (Å²) in [5, 5.41) is 4.77. The average Bonchev–Trinajstić information content (AvgIpc) is 3.55. The Bertz CT molecular complexity index is 1960. The lowest BCUT2D eigenvalue weighted by molar-refractivity contribution is -0.114. The fourth-order valence-corrected chi connectivity index (χ4v) is 5.60. The molecule has 0 saturated heterocycles. The first-order valence-electron chi connectivity index (χ1n) is 13.5. The van der Waals surface area contributed by atoms with Crippen molar-refractivity contribution in [1.29, 1.82) is 0 Å². The van der Waals surface area contributed by atoms with Crippen molar-refractivity contribution in [3.8, 4) is 16.8 Å². The Kier molecular flexibility index (Phi) is 6.05. The summed E-state index contributed by atoms with van der Waals surface area (Å²) in [4.78, 5) is 20.4. The molecule has 4 aromatic carbocycles. The number of hydrogen-bond acceptors (Lipinski definition) is 2. The molecule has 40 heavy (non-hydrogen) atoms. The van der Waals surface area contributed by atoms with E-state index in [1.807, 2.05) is 18.3 Å². The van der Waals surface area contributed by atoms with Gasteiger partial charge in [-0.15, -0.1) is 0 Å². The molecule has 1 fully saturated rings. The molecular weight excluding hydrogens is 518 g/mol. The summed E-state index contributed by atoms with van der Waals surface area (Å²) in [5.74, 6) is -0.120. The van der Waals surface area contributed by atoms with Crippen molar-refractivity contribution in [2.75, 3.05) is 5.32 Å². The van der Waals surface area contributed by atoms with Gasteiger partial charge in [-0.3, -0.25) is 9.36 Å². The molecule has 0 radical (unpaired) electrons. The summed E-state index contributed by atoms with van der Waals surface area (Å²) in [6.07, 6.45) is 4.24. The first-order valence-corrected chi connectivity index (χ1v) is 13.9. The second-order valence-corrected chi connectivity index (χ2v) is 10.8. The Morgan fingerprint density at radius 2 is 1.77 bits per heavy atom. The number of benzene rings is 4. The van der Waals surface area contributed by atoms with Crippen LogP contribution in [0.5, 0.6) is 0 Å². The summed E-state index contributed by atoms with van der Waals surface area (Å²) in [6.45, 7) is 2.23. The average molecular weight is 546 g/mol. The predicted octanol–water partition coefficient (Wildman–Crippen LogP) is 7.30. The van der Waals surface area contributed by atoms with Gasteiger partial charge in [0.25, 0.3) is 0 Å². The summed E-state index contributed by atoms with van der Waals surface area (Å²) in [6, 6.07) is 31.3. The number of imidazole rings is 1. The molecule has 0 spiro atoms. The number of rotatable bonds is 6. The van der Waals surface area contributed by atoms with Crippen LogP contribution in [0.2, 0.25) is 5.02 Å². The Morgan fingerprint density at radius 3 is 2.55 bits per heavy atom. The van der Waals surface area contributed by atoms with Crippen LogP contribution in [0.25, 0.3) is 38.8 Å². The van der Waals surface area contributed by atoms with E-state index in [0.717, 1.165) is 64.1 Å². The molecule has 2 heterocycles. The molecule has 1 aliphatic rings. The molecule has 0 aliphatic heterocycles. The van der Waals surface area contributed by atoms with Gasteiger partial charge in [0.1, 0.15) is 0 Å². The number of anilines is 1. The van der Waals surface area contributed by atoms with Crippen LogP contribution >= 0.6 is 11.6 Å². The van der Waals surface area contributed by atoms with Crippen LogP contribution in [0.3, 0.4) is 0 Å². The van der Waals surface area contributed by atoms with Gasteiger partial charge < -0.3 is 14.9 Å². The van der Waals surface area contributed by atoms with Gasteiger partial charge in [-0.05, 0) is 78.6 Å². The number of carbonyl (C=O) groups is 1. The van der Waals surface area contributed by atoms with Crippen LogP contribution in [0.4, 0.5) is 5.69 Å². The predicted molar refractivity (Wildman–Crippen MR) is 162 cm³/mol. The molecule has 0 atom stereocenters. The number of carbonyl (C=O) groups excluding carboxylic acids is 1. The first-order chi connectivity index (χ1) is 19.5. The highest BCUT2D eigenvalue weighted by Gasteiger charge is 2.23. The number of aromatic amines is 1. The summed E-state index contributed by atoms with van der Waals surface area (Å²) in [5.41, 5.74) is 9.20. The number of amides is 1. The van der Waals surface area contributed by atoms with E-state index in [1.165, 1.54) is 17.9 Å². The van der Waals surface area contributed by atoms with E-state index >= 15 is 0 Å². The number of para-hydroxylation sites is 2. The summed E-state index contributed by atoms with van der Waals surface area (Å²) in [7, 11) is 0. The van der Waals surface area contributed by atoms with Gasteiger partial charge in [0.05, 0.1) is 23.6 Å². The second-order valence-electron chi connectivity index (χ2n) is 10.3. The second kappa shape index (κ2) is 9.88. The van der Waals surface area contributed by atoms with Crippen molar-refractivity contribution < 1.29 is 4.79 Å². The molecule has 0 unspecified atom stereocenters. The van der Waals surface area contributed by atoms with Gasteiger partial charge in [0.2, 0.25) is 11.5 Å². The lowest BCUT2D eigenvalue weighted by atomic mass is 10.0. The molecule has 2 aromatic heterocycles. The molecule has 1 saturated carbocycles. The summed E-state index contributed by atoms with van der Waals surface area (Å²) < 4.78 is 4.61. The highest BCUT2D eigenvalue weighted by Crippen LogP contribution is 2.32. The Labute approximate surface area is 236 Å². The highest BCUT2D eigenvalue weighted by atomic mass is 35.5. The van der Waals surface area contributed by atoms with Gasteiger partial charge in [-0.2, -0.15) is 0 Å². The normalized spacial score (nSPS) is 13.8. The quantitative estimate of drug-likeness (QED) is 0.226. The van der Waals surface area contributed by atoms with E-state index in [0.29, 0.717) is 11.1 Å². The van der Waals surface area contributed by atoms with Gasteiger partial charge in [0, 0.05) is 46.0 Å². The minimum Gasteiger partial charge on any atom is -0.361 e. The van der Waals surface area contributed by atoms with Crippen molar-refractivity contribution in [3.05, 3.63) is 113 Å². The smallest absolute Gasteiger partial charge is 0.221 e. The van der Waals surface area contributed by atoms with E-state index in [9.17, 15) is 4.79 Å². The Hall–Kier alpha value is -4.55. The highest BCUT2D eigenvalue weighted by molar-refractivity contribution is 6.31. The fourth-order valence-electron chi connectivity index (χ4n) is 5.43. The van der Waals surface area contributed by atoms with Crippen molar-refractivity contribution in [1.82, 2.24) is 14.1 Å².